The van der Waals surface area contributed by atoms with Crippen molar-refractivity contribution in [1.82, 2.24) is 0 Å². The van der Waals surface area contributed by atoms with Crippen LogP contribution in [0.3, 0.4) is 0 Å². The molecule has 1 aromatic carbocycles. The molecule has 45 heavy (non-hydrogen) atoms. The molecule has 2 fully saturated rings. The summed E-state index contributed by atoms with van der Waals surface area (Å²) in [4.78, 5) is 36.4. The van der Waals surface area contributed by atoms with Gasteiger partial charge in [0.05, 0.1) is 23.8 Å². The van der Waals surface area contributed by atoms with E-state index in [0.29, 0.717) is 12.0 Å². The zero-order valence-electron chi connectivity index (χ0n) is 27.4. The van der Waals surface area contributed by atoms with E-state index in [-0.39, 0.29) is 46.8 Å². The van der Waals surface area contributed by atoms with Crippen molar-refractivity contribution in [1.29, 1.82) is 0 Å². The van der Waals surface area contributed by atoms with Crippen LogP contribution in [0.1, 0.15) is 79.4 Å². The molecule has 1 aromatic rings. The van der Waals surface area contributed by atoms with Gasteiger partial charge in [0.25, 0.3) is 0 Å². The minimum Gasteiger partial charge on any atom is -0.460 e. The Kier molecular flexibility index (Phi) is 10.6. The summed E-state index contributed by atoms with van der Waals surface area (Å²) in [7, 11) is 0. The van der Waals surface area contributed by atoms with Crippen LogP contribution in [0, 0.1) is 77.0 Å². The summed E-state index contributed by atoms with van der Waals surface area (Å²) < 4.78 is 65.0. The molecule has 5 atom stereocenters. The van der Waals surface area contributed by atoms with Crippen LogP contribution in [0.25, 0.3) is 0 Å². The maximum absolute atomic E-state index is 13.7. The van der Waals surface area contributed by atoms with E-state index in [1.54, 1.807) is 0 Å². The summed E-state index contributed by atoms with van der Waals surface area (Å²) in [6, 6.07) is 0. The van der Waals surface area contributed by atoms with Gasteiger partial charge >= 0.3 is 11.9 Å². The quantitative estimate of drug-likeness (QED) is 0.0961. The van der Waals surface area contributed by atoms with E-state index < -0.39 is 59.0 Å². The topological polar surface area (TPSA) is 69.7 Å². The molecule has 2 saturated carbocycles. The highest BCUT2D eigenvalue weighted by Gasteiger charge is 2.62. The van der Waals surface area contributed by atoms with Gasteiger partial charge in [0.2, 0.25) is 0 Å². The number of hydrogen-bond donors (Lipinski definition) is 0. The highest BCUT2D eigenvalue weighted by molar-refractivity contribution is 6.00. The van der Waals surface area contributed by atoms with E-state index >= 15 is 0 Å². The second-order valence-corrected chi connectivity index (χ2v) is 13.5. The first-order valence-electron chi connectivity index (χ1n) is 15.0. The maximum Gasteiger partial charge on any atom is 0.310 e. The first kappa shape index (κ1) is 35.8. The van der Waals surface area contributed by atoms with Crippen molar-refractivity contribution in [3.63, 3.8) is 0 Å². The summed E-state index contributed by atoms with van der Waals surface area (Å²) in [6.45, 7) is 15.7. The third-order valence-electron chi connectivity index (χ3n) is 9.38. The molecular weight excluding hydrogens is 588 g/mol. The number of esters is 2. The molecule has 0 aliphatic heterocycles. The van der Waals surface area contributed by atoms with E-state index in [9.17, 15) is 31.9 Å². The summed E-state index contributed by atoms with van der Waals surface area (Å²) in [6.07, 6.45) is 11.2. The van der Waals surface area contributed by atoms with Crippen molar-refractivity contribution in [2.24, 2.45) is 34.5 Å². The van der Waals surface area contributed by atoms with Crippen LogP contribution in [-0.4, -0.2) is 23.8 Å². The van der Waals surface area contributed by atoms with Crippen LogP contribution in [0.2, 0.25) is 0 Å². The SMILES string of the molecule is C#CCC1=C(C)[C@@H](OC(=O)C2C(C=C(C)C)C2(C)C)CC1=O.CC=CC1C(C(=O)OCc2c(F)c(F)c(C)c(F)c2F)C1(C)C. The Labute approximate surface area is 263 Å². The Balaban J connectivity index is 0.000000246. The molecule has 5 nitrogen and oxygen atoms in total. The van der Waals surface area contributed by atoms with Crippen LogP contribution >= 0.6 is 0 Å². The molecule has 0 spiro atoms. The first-order valence-corrected chi connectivity index (χ1v) is 15.0. The van der Waals surface area contributed by atoms with Crippen molar-refractivity contribution in [2.75, 3.05) is 0 Å². The molecule has 4 unspecified atom stereocenters. The predicted molar refractivity (Wildman–Crippen MR) is 162 cm³/mol. The number of terminal acetylenes is 1. The lowest BCUT2D eigenvalue weighted by molar-refractivity contribution is -0.150. The lowest BCUT2D eigenvalue weighted by Crippen LogP contribution is -2.20. The van der Waals surface area contributed by atoms with Crippen molar-refractivity contribution >= 4 is 17.7 Å². The number of allylic oxidation sites excluding steroid dienone is 5. The van der Waals surface area contributed by atoms with Gasteiger partial charge in [-0.05, 0) is 62.9 Å². The predicted octanol–water partition coefficient (Wildman–Crippen LogP) is 7.89. The molecule has 3 aliphatic carbocycles. The molecule has 4 rings (SSSR count). The standard InChI is InChI=1S/C19H24O3.C17H18F4O2/c1-7-8-13-12(4)16(10-15(13)20)22-18(21)17-14(9-11(2)3)19(17,5)6;1-5-6-10-11(17(10,3)4)16(22)23-7-9-14(20)12(18)8(2)13(19)15(9)21/h1,9,14,16-17H,8,10H2,2-6H3;5-6,10-11H,7H2,1-4H3/t14?,16-,17?;/m0./s1. The van der Waals surface area contributed by atoms with Crippen LogP contribution < -0.4 is 0 Å². The number of Topliss-reactive ketones (excluding diaryl/α,β-unsaturated/α-hetero) is 1. The molecular formula is C36H42F4O5. The summed E-state index contributed by atoms with van der Waals surface area (Å²) in [5, 5.41) is 0. The lowest BCUT2D eigenvalue weighted by atomic mass is 10.1. The Morgan fingerprint density at radius 2 is 1.47 bits per heavy atom. The van der Waals surface area contributed by atoms with Gasteiger partial charge in [-0.15, -0.1) is 12.3 Å². The number of carbonyl (C=O) groups is 3. The summed E-state index contributed by atoms with van der Waals surface area (Å²) >= 11 is 0. The maximum atomic E-state index is 13.7. The zero-order chi connectivity index (χ0) is 34.2. The normalized spacial score (nSPS) is 25.7. The Hall–Kier alpha value is -3.67. The number of halogens is 4. The molecule has 0 radical (unpaired) electrons. The highest BCUT2D eigenvalue weighted by Crippen LogP contribution is 2.60. The van der Waals surface area contributed by atoms with Crippen molar-refractivity contribution in [3.05, 3.63) is 69.3 Å². The van der Waals surface area contributed by atoms with Gasteiger partial charge in [-0.1, -0.05) is 51.5 Å². The van der Waals surface area contributed by atoms with Crippen LogP contribution in [0.15, 0.2) is 34.9 Å². The molecule has 0 N–H and O–H groups in total. The molecule has 0 bridgehead atoms. The molecule has 0 heterocycles. The molecule has 0 saturated heterocycles. The summed E-state index contributed by atoms with van der Waals surface area (Å²) in [5.74, 6) is -4.74. The number of benzene rings is 1. The van der Waals surface area contributed by atoms with Crippen molar-refractivity contribution < 1.29 is 41.4 Å². The first-order chi connectivity index (χ1) is 20.8. The lowest BCUT2D eigenvalue weighted by Gasteiger charge is -2.13. The number of ketones is 1. The van der Waals surface area contributed by atoms with Crippen molar-refractivity contribution in [3.8, 4) is 12.3 Å². The fourth-order valence-corrected chi connectivity index (χ4v) is 6.18. The van der Waals surface area contributed by atoms with Crippen LogP contribution in [0.4, 0.5) is 17.6 Å². The Bertz CT molecular complexity index is 1490. The van der Waals surface area contributed by atoms with Gasteiger partial charge in [-0.25, -0.2) is 17.6 Å². The molecule has 3 aliphatic rings. The van der Waals surface area contributed by atoms with E-state index in [4.69, 9.17) is 15.9 Å². The zero-order valence-corrected chi connectivity index (χ0v) is 27.4. The minimum absolute atomic E-state index is 0.00385. The fourth-order valence-electron chi connectivity index (χ4n) is 6.18. The molecule has 244 valence electrons. The van der Waals surface area contributed by atoms with Gasteiger partial charge in [0.15, 0.2) is 29.1 Å². The smallest absolute Gasteiger partial charge is 0.310 e. The van der Waals surface area contributed by atoms with Crippen LogP contribution in [0.5, 0.6) is 0 Å². The third kappa shape index (κ3) is 7.10. The highest BCUT2D eigenvalue weighted by atomic mass is 19.2. The van der Waals surface area contributed by atoms with Gasteiger partial charge in [0, 0.05) is 17.6 Å². The Morgan fingerprint density at radius 3 is 1.98 bits per heavy atom. The number of carbonyl (C=O) groups excluding carboxylic acids is 3. The summed E-state index contributed by atoms with van der Waals surface area (Å²) in [5.41, 5.74) is 0.605. The van der Waals surface area contributed by atoms with E-state index in [2.05, 4.69) is 25.8 Å². The second kappa shape index (κ2) is 13.4. The fraction of sp³-hybridized carbons (Fsp3) is 0.528. The van der Waals surface area contributed by atoms with E-state index in [1.165, 1.54) is 5.57 Å². The van der Waals surface area contributed by atoms with Gasteiger partial charge in [-0.3, -0.25) is 14.4 Å². The van der Waals surface area contributed by atoms with Gasteiger partial charge < -0.3 is 9.47 Å². The van der Waals surface area contributed by atoms with Crippen molar-refractivity contribution in [2.45, 2.75) is 87.9 Å². The van der Waals surface area contributed by atoms with Gasteiger partial charge in [0.1, 0.15) is 12.7 Å². The third-order valence-corrected chi connectivity index (χ3v) is 9.38. The second-order valence-electron chi connectivity index (χ2n) is 13.5. The number of ether oxygens (including phenoxy) is 2. The van der Waals surface area contributed by atoms with Gasteiger partial charge in [-0.2, -0.15) is 0 Å². The number of rotatable bonds is 8. The number of hydrogen-bond acceptors (Lipinski definition) is 5. The minimum atomic E-state index is -1.53. The molecule has 0 amide bonds. The largest absolute Gasteiger partial charge is 0.460 e. The van der Waals surface area contributed by atoms with E-state index in [0.717, 1.165) is 12.5 Å². The monoisotopic (exact) mass is 630 g/mol. The average molecular weight is 631 g/mol. The molecule has 9 heteroatoms. The van der Waals surface area contributed by atoms with E-state index in [1.807, 2.05) is 53.7 Å². The average Bonchev–Trinajstić information content (AvgIpc) is 3.67. The van der Waals surface area contributed by atoms with Crippen LogP contribution in [-0.2, 0) is 30.5 Å². The molecule has 0 aromatic heterocycles. The Morgan fingerprint density at radius 1 is 0.933 bits per heavy atom.